The van der Waals surface area contributed by atoms with E-state index >= 15 is 0 Å². The third kappa shape index (κ3) is 3.52. The van der Waals surface area contributed by atoms with Crippen molar-refractivity contribution in [3.63, 3.8) is 0 Å². The molecule has 104 valence electrons. The monoisotopic (exact) mass is 263 g/mol. The van der Waals surface area contributed by atoms with Crippen LogP contribution >= 0.6 is 0 Å². The van der Waals surface area contributed by atoms with Crippen molar-refractivity contribution >= 4 is 5.91 Å². The van der Waals surface area contributed by atoms with Crippen LogP contribution in [0.3, 0.4) is 0 Å². The lowest BCUT2D eigenvalue weighted by Gasteiger charge is -2.15. The molecule has 1 fully saturated rings. The number of rotatable bonds is 5. The third-order valence-electron chi connectivity index (χ3n) is 3.61. The number of hydrogen-bond acceptors (Lipinski definition) is 4. The summed E-state index contributed by atoms with van der Waals surface area (Å²) in [5, 5.41) is 2.75. The lowest BCUT2D eigenvalue weighted by Crippen LogP contribution is -2.34. The van der Waals surface area contributed by atoms with Crippen molar-refractivity contribution in [3.05, 3.63) is 30.1 Å². The highest BCUT2D eigenvalue weighted by Gasteiger charge is 2.36. The molecule has 5 nitrogen and oxygen atoms in total. The number of carbonyl (C=O) groups excluding carboxylic acids is 1. The molecule has 1 aliphatic heterocycles. The van der Waals surface area contributed by atoms with Gasteiger partial charge in [-0.05, 0) is 11.6 Å². The maximum atomic E-state index is 11.9. The lowest BCUT2D eigenvalue weighted by molar-refractivity contribution is -0.125. The summed E-state index contributed by atoms with van der Waals surface area (Å²) in [7, 11) is 3.38. The van der Waals surface area contributed by atoms with Gasteiger partial charge >= 0.3 is 0 Å². The van der Waals surface area contributed by atoms with E-state index in [2.05, 4.69) is 21.3 Å². The van der Waals surface area contributed by atoms with E-state index in [4.69, 9.17) is 4.74 Å². The summed E-state index contributed by atoms with van der Waals surface area (Å²) in [5.41, 5.74) is 1.18. The Labute approximate surface area is 114 Å². The van der Waals surface area contributed by atoms with Gasteiger partial charge in [0, 0.05) is 52.1 Å². The van der Waals surface area contributed by atoms with Crippen molar-refractivity contribution in [3.8, 4) is 0 Å². The van der Waals surface area contributed by atoms with Gasteiger partial charge in [-0.2, -0.15) is 0 Å². The molecule has 2 heterocycles. The Morgan fingerprint density at radius 3 is 3.05 bits per heavy atom. The summed E-state index contributed by atoms with van der Waals surface area (Å²) in [6, 6.07) is 4.00. The van der Waals surface area contributed by atoms with Crippen LogP contribution in [0.15, 0.2) is 24.5 Å². The third-order valence-corrected chi connectivity index (χ3v) is 3.61. The Kier molecular flexibility index (Phi) is 4.87. The van der Waals surface area contributed by atoms with Crippen molar-refractivity contribution in [1.29, 1.82) is 0 Å². The molecule has 0 bridgehead atoms. The van der Waals surface area contributed by atoms with Crippen molar-refractivity contribution in [2.75, 3.05) is 33.9 Å². The number of hydrogen-bond donors (Lipinski definition) is 1. The standard InChI is InChI=1S/C14H21N3O2/c1-15-14(18)13-9-17(8-12(13)10-19-2)7-11-4-3-5-16-6-11/h3-6,12-13H,7-10H2,1-2H3,(H,15,18)/t12-,13+/m0/s1. The molecule has 2 rings (SSSR count). The van der Waals surface area contributed by atoms with Gasteiger partial charge in [-0.25, -0.2) is 0 Å². The smallest absolute Gasteiger partial charge is 0.224 e. The second-order valence-corrected chi connectivity index (χ2v) is 4.99. The minimum absolute atomic E-state index is 0.0154. The van der Waals surface area contributed by atoms with Gasteiger partial charge in [0.1, 0.15) is 0 Å². The number of aromatic nitrogens is 1. The highest BCUT2D eigenvalue weighted by molar-refractivity contribution is 5.79. The zero-order chi connectivity index (χ0) is 13.7. The molecule has 0 aliphatic carbocycles. The quantitative estimate of drug-likeness (QED) is 0.841. The maximum absolute atomic E-state index is 11.9. The summed E-state index contributed by atoms with van der Waals surface area (Å²) >= 11 is 0. The Bertz CT molecular complexity index is 410. The van der Waals surface area contributed by atoms with E-state index in [1.54, 1.807) is 20.4 Å². The number of methoxy groups -OCH3 is 1. The van der Waals surface area contributed by atoms with E-state index in [0.717, 1.165) is 19.6 Å². The molecule has 0 spiro atoms. The van der Waals surface area contributed by atoms with Crippen molar-refractivity contribution in [2.24, 2.45) is 11.8 Å². The number of ether oxygens (including phenoxy) is 1. The van der Waals surface area contributed by atoms with Crippen LogP contribution in [-0.2, 0) is 16.1 Å². The average molecular weight is 263 g/mol. The topological polar surface area (TPSA) is 54.5 Å². The Morgan fingerprint density at radius 1 is 1.58 bits per heavy atom. The van der Waals surface area contributed by atoms with Crippen LogP contribution in [0.25, 0.3) is 0 Å². The number of nitrogens with zero attached hydrogens (tertiary/aromatic N) is 2. The highest BCUT2D eigenvalue weighted by Crippen LogP contribution is 2.25. The van der Waals surface area contributed by atoms with Crippen molar-refractivity contribution in [1.82, 2.24) is 15.2 Å². The molecule has 1 aromatic rings. The molecule has 19 heavy (non-hydrogen) atoms. The molecule has 0 aromatic carbocycles. The molecular formula is C14H21N3O2. The molecule has 5 heteroatoms. The van der Waals surface area contributed by atoms with E-state index in [1.165, 1.54) is 5.56 Å². The minimum Gasteiger partial charge on any atom is -0.384 e. The Morgan fingerprint density at radius 2 is 2.42 bits per heavy atom. The first-order valence-corrected chi connectivity index (χ1v) is 6.56. The molecule has 1 aliphatic rings. The second kappa shape index (κ2) is 6.63. The normalized spacial score (nSPS) is 23.5. The maximum Gasteiger partial charge on any atom is 0.224 e. The Balaban J connectivity index is 1.99. The molecule has 0 saturated carbocycles. The van der Waals surface area contributed by atoms with Gasteiger partial charge in [0.15, 0.2) is 0 Å². The predicted molar refractivity (Wildman–Crippen MR) is 72.4 cm³/mol. The Hall–Kier alpha value is -1.46. The zero-order valence-corrected chi connectivity index (χ0v) is 11.5. The zero-order valence-electron chi connectivity index (χ0n) is 11.5. The molecule has 1 aromatic heterocycles. The lowest BCUT2D eigenvalue weighted by atomic mass is 9.96. The largest absolute Gasteiger partial charge is 0.384 e. The van der Waals surface area contributed by atoms with Gasteiger partial charge in [0.05, 0.1) is 12.5 Å². The molecule has 1 amide bonds. The molecular weight excluding hydrogens is 242 g/mol. The molecule has 0 unspecified atom stereocenters. The molecule has 2 atom stereocenters. The van der Waals surface area contributed by atoms with Crippen LogP contribution in [0, 0.1) is 11.8 Å². The summed E-state index contributed by atoms with van der Waals surface area (Å²) in [4.78, 5) is 18.3. The summed E-state index contributed by atoms with van der Waals surface area (Å²) in [6.07, 6.45) is 3.65. The summed E-state index contributed by atoms with van der Waals surface area (Å²) in [6.45, 7) is 3.13. The van der Waals surface area contributed by atoms with E-state index in [9.17, 15) is 4.79 Å². The van der Waals surface area contributed by atoms with Gasteiger partial charge in [-0.3, -0.25) is 14.7 Å². The van der Waals surface area contributed by atoms with Gasteiger partial charge in [0.2, 0.25) is 5.91 Å². The number of likely N-dealkylation sites (tertiary alicyclic amines) is 1. The van der Waals surface area contributed by atoms with Crippen molar-refractivity contribution in [2.45, 2.75) is 6.54 Å². The van der Waals surface area contributed by atoms with Crippen LogP contribution in [0.1, 0.15) is 5.56 Å². The summed E-state index contributed by atoms with van der Waals surface area (Å²) < 4.78 is 5.23. The number of pyridine rings is 1. The number of nitrogens with one attached hydrogen (secondary N) is 1. The molecule has 1 N–H and O–H groups in total. The van der Waals surface area contributed by atoms with Gasteiger partial charge in [-0.15, -0.1) is 0 Å². The van der Waals surface area contributed by atoms with Crippen molar-refractivity contribution < 1.29 is 9.53 Å². The fraction of sp³-hybridized carbons (Fsp3) is 0.571. The van der Waals surface area contributed by atoms with Crippen LogP contribution in [-0.4, -0.2) is 49.6 Å². The van der Waals surface area contributed by atoms with E-state index in [1.807, 2.05) is 12.3 Å². The van der Waals surface area contributed by atoms with Crippen LogP contribution in [0.2, 0.25) is 0 Å². The van der Waals surface area contributed by atoms with Crippen LogP contribution < -0.4 is 5.32 Å². The first-order valence-electron chi connectivity index (χ1n) is 6.56. The molecule has 1 saturated heterocycles. The average Bonchev–Trinajstić information content (AvgIpc) is 2.82. The van der Waals surface area contributed by atoms with Gasteiger partial charge in [0.25, 0.3) is 0 Å². The predicted octanol–water partition coefficient (Wildman–Crippen LogP) is 0.522. The van der Waals surface area contributed by atoms with Gasteiger partial charge < -0.3 is 10.1 Å². The van der Waals surface area contributed by atoms with E-state index in [-0.39, 0.29) is 17.7 Å². The number of amides is 1. The number of carbonyl (C=O) groups is 1. The van der Waals surface area contributed by atoms with Gasteiger partial charge in [-0.1, -0.05) is 6.07 Å². The van der Waals surface area contributed by atoms with Crippen LogP contribution in [0.5, 0.6) is 0 Å². The molecule has 0 radical (unpaired) electrons. The first kappa shape index (κ1) is 14.0. The second-order valence-electron chi connectivity index (χ2n) is 4.99. The van der Waals surface area contributed by atoms with E-state index in [0.29, 0.717) is 6.61 Å². The highest BCUT2D eigenvalue weighted by atomic mass is 16.5. The minimum atomic E-state index is 0.0154. The first-order chi connectivity index (χ1) is 9.24. The van der Waals surface area contributed by atoms with Crippen LogP contribution in [0.4, 0.5) is 0 Å². The SMILES string of the molecule is CNC(=O)[C@@H]1CN(Cc2cccnc2)C[C@H]1COC. The fourth-order valence-corrected chi connectivity index (χ4v) is 2.70. The fourth-order valence-electron chi connectivity index (χ4n) is 2.70. The summed E-state index contributed by atoms with van der Waals surface area (Å²) in [5.74, 6) is 0.388. The van der Waals surface area contributed by atoms with E-state index < -0.39 is 0 Å².